The van der Waals surface area contributed by atoms with Gasteiger partial charge in [-0.1, -0.05) is 13.8 Å². The smallest absolute Gasteiger partial charge is 0.252 e. The molecule has 0 radical (unpaired) electrons. The van der Waals surface area contributed by atoms with Gasteiger partial charge in [0.05, 0.1) is 12.5 Å². The lowest BCUT2D eigenvalue weighted by Gasteiger charge is -2.64. The number of carbonyl (C=O) groups excluding carboxylic acids is 1. The Morgan fingerprint density at radius 1 is 1.11 bits per heavy atom. The first-order valence-corrected chi connectivity index (χ1v) is 7.12. The summed E-state index contributed by atoms with van der Waals surface area (Å²) in [4.78, 5) is 17.9. The predicted octanol–water partition coefficient (Wildman–Crippen LogP) is 3.00. The van der Waals surface area contributed by atoms with Crippen LogP contribution in [0.2, 0.25) is 0 Å². The summed E-state index contributed by atoms with van der Waals surface area (Å²) in [5, 5.41) is 1.46. The number of hydrogen-bond donors (Lipinski definition) is 0. The first-order valence-electron chi connectivity index (χ1n) is 7.12. The van der Waals surface area contributed by atoms with Crippen LogP contribution in [0.3, 0.4) is 0 Å². The molecule has 3 nitrogen and oxygen atoms in total. The molecule has 0 saturated heterocycles. The van der Waals surface area contributed by atoms with Crippen LogP contribution >= 0.6 is 0 Å². The lowest BCUT2D eigenvalue weighted by atomic mass is 9.40. The maximum absolute atomic E-state index is 12.7. The van der Waals surface area contributed by atoms with Gasteiger partial charge in [0, 0.05) is 7.05 Å². The highest BCUT2D eigenvalue weighted by Gasteiger charge is 2.63. The third-order valence-corrected chi connectivity index (χ3v) is 5.64. The summed E-state index contributed by atoms with van der Waals surface area (Å²) >= 11 is 0. The highest BCUT2D eigenvalue weighted by molar-refractivity contribution is 5.82. The molecule has 3 heteroatoms. The Balaban J connectivity index is 1.96. The Kier molecular flexibility index (Phi) is 2.42. The molecule has 4 rings (SSSR count). The van der Waals surface area contributed by atoms with Crippen molar-refractivity contribution in [3.63, 3.8) is 0 Å². The normalized spacial score (nSPS) is 49.4. The average molecular weight is 251 g/mol. The molecule has 102 valence electrons. The second-order valence-corrected chi connectivity index (χ2v) is 7.90. The van der Waals surface area contributed by atoms with E-state index in [1.165, 1.54) is 24.3 Å². The van der Waals surface area contributed by atoms with Gasteiger partial charge in [-0.3, -0.25) is 9.63 Å². The molecule has 1 amide bonds. The lowest BCUT2D eigenvalue weighted by molar-refractivity contribution is -0.207. The van der Waals surface area contributed by atoms with Crippen molar-refractivity contribution in [3.8, 4) is 0 Å². The summed E-state index contributed by atoms with van der Waals surface area (Å²) in [7, 11) is 3.34. The number of amides is 1. The molecule has 0 aromatic heterocycles. The van der Waals surface area contributed by atoms with E-state index in [0.29, 0.717) is 10.8 Å². The fourth-order valence-electron chi connectivity index (χ4n) is 6.10. The second kappa shape index (κ2) is 3.50. The van der Waals surface area contributed by atoms with Crippen LogP contribution in [0.25, 0.3) is 0 Å². The Hall–Kier alpha value is -0.570. The maximum Gasteiger partial charge on any atom is 0.252 e. The quantitative estimate of drug-likeness (QED) is 0.706. The fourth-order valence-corrected chi connectivity index (χ4v) is 6.10. The van der Waals surface area contributed by atoms with E-state index in [2.05, 4.69) is 13.8 Å². The van der Waals surface area contributed by atoms with Crippen LogP contribution in [0.1, 0.15) is 52.4 Å². The molecule has 4 aliphatic rings. The van der Waals surface area contributed by atoms with E-state index in [1.807, 2.05) is 0 Å². The largest absolute Gasteiger partial charge is 0.275 e. The summed E-state index contributed by atoms with van der Waals surface area (Å²) < 4.78 is 0. The highest BCUT2D eigenvalue weighted by Crippen LogP contribution is 2.69. The molecule has 2 atom stereocenters. The minimum absolute atomic E-state index is 0.131. The van der Waals surface area contributed by atoms with Gasteiger partial charge in [0.15, 0.2) is 0 Å². The molecular formula is C15H25NO2. The molecule has 0 aromatic rings. The van der Waals surface area contributed by atoms with Gasteiger partial charge in [-0.15, -0.1) is 0 Å². The van der Waals surface area contributed by atoms with Crippen molar-refractivity contribution >= 4 is 5.91 Å². The van der Waals surface area contributed by atoms with Gasteiger partial charge in [-0.2, -0.15) is 0 Å². The van der Waals surface area contributed by atoms with Crippen molar-refractivity contribution in [3.05, 3.63) is 0 Å². The Morgan fingerprint density at radius 2 is 1.67 bits per heavy atom. The van der Waals surface area contributed by atoms with Crippen LogP contribution < -0.4 is 0 Å². The zero-order valence-corrected chi connectivity index (χ0v) is 12.1. The second-order valence-electron chi connectivity index (χ2n) is 7.90. The van der Waals surface area contributed by atoms with Crippen molar-refractivity contribution in [2.45, 2.75) is 52.4 Å². The Bertz CT molecular complexity index is 374. The van der Waals surface area contributed by atoms with Crippen molar-refractivity contribution in [2.24, 2.45) is 22.2 Å². The molecule has 0 spiro atoms. The topological polar surface area (TPSA) is 29.5 Å². The molecule has 0 aromatic carbocycles. The average Bonchev–Trinajstić information content (AvgIpc) is 2.22. The molecule has 2 unspecified atom stereocenters. The van der Waals surface area contributed by atoms with Crippen LogP contribution in [0.5, 0.6) is 0 Å². The van der Waals surface area contributed by atoms with Crippen molar-refractivity contribution in [2.75, 3.05) is 14.2 Å². The lowest BCUT2D eigenvalue weighted by Crippen LogP contribution is -2.59. The first kappa shape index (κ1) is 12.5. The van der Waals surface area contributed by atoms with Crippen molar-refractivity contribution in [1.29, 1.82) is 0 Å². The monoisotopic (exact) mass is 251 g/mol. The summed E-state index contributed by atoms with van der Waals surface area (Å²) in [5.41, 5.74) is 0.643. The number of nitrogens with zero attached hydrogens (tertiary/aromatic N) is 1. The standard InChI is InChI=1S/C15H25NO2/c1-13-5-11-6-14(2,8-13)10-15(7-11,9-13)12(17)16(3)18-4/h11H,5-10H2,1-4H3. The maximum atomic E-state index is 12.7. The third kappa shape index (κ3) is 1.63. The summed E-state index contributed by atoms with van der Waals surface area (Å²) in [6.45, 7) is 4.79. The summed E-state index contributed by atoms with van der Waals surface area (Å²) in [6, 6.07) is 0. The van der Waals surface area contributed by atoms with Gasteiger partial charge in [-0.25, -0.2) is 5.06 Å². The van der Waals surface area contributed by atoms with E-state index >= 15 is 0 Å². The number of rotatable bonds is 2. The van der Waals surface area contributed by atoms with Gasteiger partial charge in [-0.05, 0) is 55.3 Å². The van der Waals surface area contributed by atoms with Gasteiger partial charge < -0.3 is 0 Å². The van der Waals surface area contributed by atoms with Gasteiger partial charge in [0.25, 0.3) is 5.91 Å². The zero-order valence-electron chi connectivity index (χ0n) is 12.1. The van der Waals surface area contributed by atoms with Gasteiger partial charge in [0.2, 0.25) is 0 Å². The molecule has 4 saturated carbocycles. The number of hydrogen-bond acceptors (Lipinski definition) is 2. The Labute approximate surface area is 110 Å². The number of carbonyl (C=O) groups is 1. The molecule has 0 N–H and O–H groups in total. The van der Waals surface area contributed by atoms with E-state index in [4.69, 9.17) is 4.84 Å². The van der Waals surface area contributed by atoms with Crippen LogP contribution in [0.4, 0.5) is 0 Å². The van der Waals surface area contributed by atoms with E-state index < -0.39 is 0 Å². The van der Waals surface area contributed by atoms with Crippen molar-refractivity contribution < 1.29 is 9.63 Å². The van der Waals surface area contributed by atoms with E-state index in [-0.39, 0.29) is 11.3 Å². The number of hydroxylamine groups is 2. The minimum Gasteiger partial charge on any atom is -0.275 e. The van der Waals surface area contributed by atoms with Crippen LogP contribution in [0, 0.1) is 22.2 Å². The molecule has 4 fully saturated rings. The van der Waals surface area contributed by atoms with E-state index in [9.17, 15) is 4.79 Å². The predicted molar refractivity (Wildman–Crippen MR) is 69.6 cm³/mol. The first-order chi connectivity index (χ1) is 8.30. The van der Waals surface area contributed by atoms with Gasteiger partial charge in [0.1, 0.15) is 0 Å². The summed E-state index contributed by atoms with van der Waals surface area (Å²) in [5.74, 6) is 0.969. The molecule has 0 heterocycles. The summed E-state index contributed by atoms with van der Waals surface area (Å²) in [6.07, 6.45) is 7.19. The van der Waals surface area contributed by atoms with Crippen LogP contribution in [-0.2, 0) is 9.63 Å². The SMILES string of the molecule is CON(C)C(=O)C12CC3CC(C)(CC(C)(C3)C1)C2. The zero-order chi connectivity index (χ0) is 13.2. The fraction of sp³-hybridized carbons (Fsp3) is 0.933. The van der Waals surface area contributed by atoms with Crippen LogP contribution in [-0.4, -0.2) is 25.1 Å². The highest BCUT2D eigenvalue weighted by atomic mass is 16.7. The molecule has 18 heavy (non-hydrogen) atoms. The molecule has 4 bridgehead atoms. The van der Waals surface area contributed by atoms with Crippen LogP contribution in [0.15, 0.2) is 0 Å². The molecule has 0 aliphatic heterocycles. The molecular weight excluding hydrogens is 226 g/mol. The third-order valence-electron chi connectivity index (χ3n) is 5.64. The minimum atomic E-state index is -0.131. The van der Waals surface area contributed by atoms with E-state index in [1.54, 1.807) is 14.2 Å². The molecule has 4 aliphatic carbocycles. The Morgan fingerprint density at radius 3 is 2.11 bits per heavy atom. The van der Waals surface area contributed by atoms with E-state index in [0.717, 1.165) is 25.2 Å². The van der Waals surface area contributed by atoms with Gasteiger partial charge >= 0.3 is 0 Å². The van der Waals surface area contributed by atoms with Crippen molar-refractivity contribution in [1.82, 2.24) is 5.06 Å².